The van der Waals surface area contributed by atoms with Gasteiger partial charge in [0.05, 0.1) is 30.9 Å². The molecule has 0 aliphatic carbocycles. The molecule has 170 valence electrons. The molecule has 3 aromatic rings. The van der Waals surface area contributed by atoms with Gasteiger partial charge < -0.3 is 9.47 Å². The summed E-state index contributed by atoms with van der Waals surface area (Å²) in [7, 11) is 3.30. The van der Waals surface area contributed by atoms with E-state index in [-0.39, 0.29) is 11.9 Å². The molecule has 2 heterocycles. The van der Waals surface area contributed by atoms with E-state index >= 15 is 0 Å². The van der Waals surface area contributed by atoms with Gasteiger partial charge >= 0.3 is 0 Å². The number of amides is 1. The topological polar surface area (TPSA) is 63.5 Å². The quantitative estimate of drug-likeness (QED) is 0.460. The fraction of sp³-hybridized carbons (Fsp3) is 0.148. The second kappa shape index (κ2) is 9.57. The van der Waals surface area contributed by atoms with Crippen LogP contribution in [0.25, 0.3) is 6.08 Å². The Kier molecular flexibility index (Phi) is 6.18. The largest absolute Gasteiger partial charge is 0.497 e. The number of carbonyl (C=O) groups is 1. The van der Waals surface area contributed by atoms with Gasteiger partial charge in [0.25, 0.3) is 5.91 Å². The molecular formula is C27H23N3O3S. The summed E-state index contributed by atoms with van der Waals surface area (Å²) >= 11 is 1.36. The highest BCUT2D eigenvalue weighted by Gasteiger charge is 2.36. The van der Waals surface area contributed by atoms with Crippen LogP contribution in [-0.2, 0) is 4.79 Å². The molecule has 2 aliphatic heterocycles. The zero-order valence-electron chi connectivity index (χ0n) is 18.8. The normalized spacial score (nSPS) is 18.8. The lowest BCUT2D eigenvalue weighted by Gasteiger charge is -2.22. The number of hydrazone groups is 1. The Bertz CT molecular complexity index is 1280. The van der Waals surface area contributed by atoms with E-state index in [1.54, 1.807) is 14.2 Å². The van der Waals surface area contributed by atoms with Gasteiger partial charge in [-0.25, -0.2) is 5.01 Å². The zero-order chi connectivity index (χ0) is 23.5. The second-order valence-electron chi connectivity index (χ2n) is 7.83. The van der Waals surface area contributed by atoms with E-state index in [1.165, 1.54) is 11.8 Å². The Morgan fingerprint density at radius 1 is 0.912 bits per heavy atom. The number of rotatable bonds is 5. The van der Waals surface area contributed by atoms with Gasteiger partial charge in [0.2, 0.25) is 0 Å². The predicted octanol–water partition coefficient (Wildman–Crippen LogP) is 5.53. The molecule has 0 saturated carbocycles. The number of benzene rings is 3. The summed E-state index contributed by atoms with van der Waals surface area (Å²) in [6.45, 7) is 0. The minimum atomic E-state index is -0.245. The number of hydrogen-bond acceptors (Lipinski definition) is 6. The maximum atomic E-state index is 12.7. The molecule has 2 aliphatic rings. The van der Waals surface area contributed by atoms with Crippen molar-refractivity contribution in [3.05, 3.63) is 100 Å². The van der Waals surface area contributed by atoms with Gasteiger partial charge in [-0.2, -0.15) is 10.1 Å². The van der Waals surface area contributed by atoms with Gasteiger partial charge in [0.15, 0.2) is 5.17 Å². The lowest BCUT2D eigenvalue weighted by molar-refractivity contribution is -0.113. The fourth-order valence-corrected chi connectivity index (χ4v) is 4.84. The average Bonchev–Trinajstić information content (AvgIpc) is 3.49. The van der Waals surface area contributed by atoms with Gasteiger partial charge in [-0.1, -0.05) is 42.5 Å². The highest BCUT2D eigenvalue weighted by molar-refractivity contribution is 8.18. The molecular weight excluding hydrogens is 446 g/mol. The molecule has 5 rings (SSSR count). The van der Waals surface area contributed by atoms with Crippen LogP contribution in [0, 0.1) is 0 Å². The lowest BCUT2D eigenvalue weighted by atomic mass is 9.98. The summed E-state index contributed by atoms with van der Waals surface area (Å²) in [5, 5.41) is 7.37. The molecule has 0 aromatic heterocycles. The van der Waals surface area contributed by atoms with Crippen LogP contribution in [0.5, 0.6) is 11.5 Å². The zero-order valence-corrected chi connectivity index (χ0v) is 19.7. The third kappa shape index (κ3) is 4.47. The number of carbonyl (C=O) groups excluding carboxylic acids is 1. The van der Waals surface area contributed by atoms with Crippen LogP contribution in [0.2, 0.25) is 0 Å². The van der Waals surface area contributed by atoms with Crippen molar-refractivity contribution in [2.75, 3.05) is 14.2 Å². The summed E-state index contributed by atoms with van der Waals surface area (Å²) in [5.41, 5.74) is 3.98. The van der Waals surface area contributed by atoms with Crippen LogP contribution in [-0.4, -0.2) is 36.0 Å². The number of thioether (sulfide) groups is 1. The van der Waals surface area contributed by atoms with Crippen LogP contribution in [0.15, 0.2) is 93.9 Å². The maximum absolute atomic E-state index is 12.7. The molecule has 7 heteroatoms. The fourth-order valence-electron chi connectivity index (χ4n) is 3.93. The molecule has 0 saturated heterocycles. The van der Waals surface area contributed by atoms with Crippen molar-refractivity contribution in [1.82, 2.24) is 5.01 Å². The number of ether oxygens (including phenoxy) is 2. The van der Waals surface area contributed by atoms with E-state index in [2.05, 4.69) is 4.99 Å². The summed E-state index contributed by atoms with van der Waals surface area (Å²) in [4.78, 5) is 17.7. The van der Waals surface area contributed by atoms with E-state index in [0.29, 0.717) is 16.5 Å². The Morgan fingerprint density at radius 2 is 1.56 bits per heavy atom. The van der Waals surface area contributed by atoms with Crippen molar-refractivity contribution in [1.29, 1.82) is 0 Å². The highest BCUT2D eigenvalue weighted by Crippen LogP contribution is 2.40. The molecule has 6 nitrogen and oxygen atoms in total. The number of aliphatic imine (C=N–C) groups is 1. The van der Waals surface area contributed by atoms with Crippen LogP contribution in [0.1, 0.15) is 29.2 Å². The maximum Gasteiger partial charge on any atom is 0.286 e. The average molecular weight is 470 g/mol. The lowest BCUT2D eigenvalue weighted by Crippen LogP contribution is -2.23. The molecule has 1 atom stereocenters. The summed E-state index contributed by atoms with van der Waals surface area (Å²) in [5.74, 6) is 1.34. The molecule has 0 radical (unpaired) electrons. The van der Waals surface area contributed by atoms with E-state index in [1.807, 2.05) is 89.9 Å². The Hall–Kier alpha value is -3.84. The minimum Gasteiger partial charge on any atom is -0.497 e. The van der Waals surface area contributed by atoms with E-state index in [4.69, 9.17) is 14.6 Å². The molecule has 34 heavy (non-hydrogen) atoms. The van der Waals surface area contributed by atoms with Gasteiger partial charge in [-0.15, -0.1) is 0 Å². The van der Waals surface area contributed by atoms with Crippen molar-refractivity contribution < 1.29 is 14.3 Å². The van der Waals surface area contributed by atoms with Crippen molar-refractivity contribution >= 4 is 34.6 Å². The van der Waals surface area contributed by atoms with E-state index < -0.39 is 0 Å². The first-order valence-electron chi connectivity index (χ1n) is 10.9. The van der Waals surface area contributed by atoms with Gasteiger partial charge in [-0.05, 0) is 70.9 Å². The van der Waals surface area contributed by atoms with Gasteiger partial charge in [0.1, 0.15) is 11.5 Å². The molecule has 3 aromatic carbocycles. The smallest absolute Gasteiger partial charge is 0.286 e. The molecule has 0 spiro atoms. The van der Waals surface area contributed by atoms with E-state index in [0.717, 1.165) is 33.9 Å². The third-order valence-electron chi connectivity index (χ3n) is 5.74. The Balaban J connectivity index is 1.47. The van der Waals surface area contributed by atoms with Crippen LogP contribution >= 0.6 is 11.8 Å². The first kappa shape index (κ1) is 22.0. The Morgan fingerprint density at radius 3 is 2.21 bits per heavy atom. The second-order valence-corrected chi connectivity index (χ2v) is 8.84. The summed E-state index contributed by atoms with van der Waals surface area (Å²) in [6, 6.07) is 25.5. The standard InChI is InChI=1S/C27H23N3O3S/c1-32-21-12-8-19(9-13-21)23-17-24(20-10-14-22(33-2)15-11-20)30(29-23)27-28-26(31)25(34-27)16-18-6-4-3-5-7-18/h3-16,24H,17H2,1-2H3/b25-16-. The van der Waals surface area contributed by atoms with E-state index in [9.17, 15) is 4.79 Å². The molecule has 0 bridgehead atoms. The molecule has 1 amide bonds. The van der Waals surface area contributed by atoms with Crippen molar-refractivity contribution in [2.24, 2.45) is 10.1 Å². The van der Waals surface area contributed by atoms with Crippen molar-refractivity contribution in [3.8, 4) is 11.5 Å². The number of hydrogen-bond donors (Lipinski definition) is 0. The van der Waals surface area contributed by atoms with Crippen LogP contribution in [0.3, 0.4) is 0 Å². The predicted molar refractivity (Wildman–Crippen MR) is 136 cm³/mol. The SMILES string of the molecule is COc1ccc(C2=NN(C3=NC(=O)/C(=C/c4ccccc4)S3)C(c3ccc(OC)cc3)C2)cc1. The summed E-state index contributed by atoms with van der Waals surface area (Å²) < 4.78 is 10.6. The molecule has 0 N–H and O–H groups in total. The first-order chi connectivity index (χ1) is 16.6. The van der Waals surface area contributed by atoms with Crippen molar-refractivity contribution in [3.63, 3.8) is 0 Å². The van der Waals surface area contributed by atoms with Crippen LogP contribution in [0.4, 0.5) is 0 Å². The van der Waals surface area contributed by atoms with Gasteiger partial charge in [0, 0.05) is 6.42 Å². The monoisotopic (exact) mass is 469 g/mol. The number of nitrogens with zero attached hydrogens (tertiary/aromatic N) is 3. The Labute approximate surface area is 202 Å². The van der Waals surface area contributed by atoms with Crippen LogP contribution < -0.4 is 9.47 Å². The summed E-state index contributed by atoms with van der Waals surface area (Å²) in [6.07, 6.45) is 2.56. The molecule has 0 fully saturated rings. The highest BCUT2D eigenvalue weighted by atomic mass is 32.2. The minimum absolute atomic E-state index is 0.0851. The molecule has 1 unspecified atom stereocenters. The number of methoxy groups -OCH3 is 2. The van der Waals surface area contributed by atoms with Crippen molar-refractivity contribution in [2.45, 2.75) is 12.5 Å². The number of amidine groups is 1. The van der Waals surface area contributed by atoms with Gasteiger partial charge in [-0.3, -0.25) is 4.79 Å². The third-order valence-corrected chi connectivity index (χ3v) is 6.71. The first-order valence-corrected chi connectivity index (χ1v) is 11.7.